The number of nitrogens with one attached hydrogen (secondary N) is 1. The Labute approximate surface area is 118 Å². The zero-order valence-corrected chi connectivity index (χ0v) is 11.7. The topological polar surface area (TPSA) is 64.6 Å². The number of para-hydroxylation sites is 1. The van der Waals surface area contributed by atoms with E-state index < -0.39 is 18.2 Å². The predicted molar refractivity (Wildman–Crippen MR) is 73.3 cm³/mol. The van der Waals surface area contributed by atoms with E-state index >= 15 is 0 Å². The zero-order valence-electron chi connectivity index (χ0n) is 11.7. The molecule has 0 heterocycles. The summed E-state index contributed by atoms with van der Waals surface area (Å²) in [5.74, 6) is -0.216. The van der Waals surface area contributed by atoms with E-state index in [1.54, 1.807) is 26.0 Å². The van der Waals surface area contributed by atoms with Crippen LogP contribution in [0.15, 0.2) is 30.3 Å². The minimum Gasteiger partial charge on any atom is -0.479 e. The Bertz CT molecular complexity index is 470. The van der Waals surface area contributed by atoms with E-state index in [2.05, 4.69) is 5.32 Å². The Morgan fingerprint density at radius 1 is 1.15 bits per heavy atom. The highest BCUT2D eigenvalue weighted by Crippen LogP contribution is 2.19. The second-order valence-electron chi connectivity index (χ2n) is 4.94. The molecule has 2 rings (SSSR count). The quantitative estimate of drug-likeness (QED) is 0.803. The second kappa shape index (κ2) is 6.41. The van der Waals surface area contributed by atoms with E-state index in [4.69, 9.17) is 9.47 Å². The molecule has 0 aromatic heterocycles. The summed E-state index contributed by atoms with van der Waals surface area (Å²) in [6.45, 7) is 3.16. The molecule has 2 atom stereocenters. The van der Waals surface area contributed by atoms with Crippen LogP contribution in [0.1, 0.15) is 26.7 Å². The van der Waals surface area contributed by atoms with Crippen molar-refractivity contribution in [3.05, 3.63) is 30.3 Å². The van der Waals surface area contributed by atoms with E-state index in [1.165, 1.54) is 0 Å². The summed E-state index contributed by atoms with van der Waals surface area (Å²) < 4.78 is 10.5. The van der Waals surface area contributed by atoms with Gasteiger partial charge in [0.1, 0.15) is 5.75 Å². The summed E-state index contributed by atoms with van der Waals surface area (Å²) in [6, 6.07) is 9.26. The van der Waals surface area contributed by atoms with E-state index in [0.29, 0.717) is 5.75 Å². The Kier molecular flexibility index (Phi) is 4.61. The molecule has 1 saturated carbocycles. The number of amides is 1. The Balaban J connectivity index is 1.79. The van der Waals surface area contributed by atoms with Crippen LogP contribution < -0.4 is 10.1 Å². The molecule has 0 aliphatic heterocycles. The van der Waals surface area contributed by atoms with Crippen molar-refractivity contribution in [1.29, 1.82) is 0 Å². The second-order valence-corrected chi connectivity index (χ2v) is 4.94. The predicted octanol–water partition coefficient (Wildman–Crippen LogP) is 1.66. The van der Waals surface area contributed by atoms with Gasteiger partial charge in [0.15, 0.2) is 12.2 Å². The van der Waals surface area contributed by atoms with Crippen LogP contribution in [-0.2, 0) is 14.3 Å². The van der Waals surface area contributed by atoms with Crippen molar-refractivity contribution in [2.24, 2.45) is 0 Å². The van der Waals surface area contributed by atoms with Crippen molar-refractivity contribution in [3.8, 4) is 5.75 Å². The van der Waals surface area contributed by atoms with Gasteiger partial charge in [0.2, 0.25) is 0 Å². The van der Waals surface area contributed by atoms with Crippen molar-refractivity contribution in [3.63, 3.8) is 0 Å². The summed E-state index contributed by atoms with van der Waals surface area (Å²) in [6.07, 6.45) is 0.443. The van der Waals surface area contributed by atoms with Crippen LogP contribution in [-0.4, -0.2) is 30.1 Å². The van der Waals surface area contributed by atoms with Gasteiger partial charge in [0, 0.05) is 6.04 Å². The van der Waals surface area contributed by atoms with Gasteiger partial charge in [0.25, 0.3) is 5.91 Å². The number of hydrogen-bond acceptors (Lipinski definition) is 4. The fourth-order valence-electron chi connectivity index (χ4n) is 1.62. The van der Waals surface area contributed by atoms with Gasteiger partial charge in [-0.2, -0.15) is 0 Å². The normalized spacial score (nSPS) is 16.9. The molecule has 1 amide bonds. The third-order valence-corrected chi connectivity index (χ3v) is 2.97. The Hall–Kier alpha value is -2.04. The fraction of sp³-hybridized carbons (Fsp3) is 0.467. The minimum atomic E-state index is -0.801. The lowest BCUT2D eigenvalue weighted by Gasteiger charge is -2.17. The van der Waals surface area contributed by atoms with E-state index in [0.717, 1.165) is 12.8 Å². The first-order chi connectivity index (χ1) is 9.56. The summed E-state index contributed by atoms with van der Waals surface area (Å²) in [4.78, 5) is 23.5. The van der Waals surface area contributed by atoms with Crippen LogP contribution in [0.25, 0.3) is 0 Å². The maximum Gasteiger partial charge on any atom is 0.347 e. The fourth-order valence-corrected chi connectivity index (χ4v) is 1.62. The van der Waals surface area contributed by atoms with Crippen LogP contribution in [0, 0.1) is 0 Å². The molecule has 1 aliphatic rings. The maximum atomic E-state index is 11.8. The number of benzene rings is 1. The highest BCUT2D eigenvalue weighted by molar-refractivity contribution is 5.84. The number of esters is 1. The summed E-state index contributed by atoms with van der Waals surface area (Å²) in [5.41, 5.74) is 0. The molecule has 5 heteroatoms. The third kappa shape index (κ3) is 4.26. The van der Waals surface area contributed by atoms with Crippen LogP contribution in [0.2, 0.25) is 0 Å². The molecule has 20 heavy (non-hydrogen) atoms. The lowest BCUT2D eigenvalue weighted by atomic mass is 10.3. The van der Waals surface area contributed by atoms with E-state index in [1.807, 2.05) is 18.2 Å². The Morgan fingerprint density at radius 3 is 2.40 bits per heavy atom. The molecule has 1 aromatic rings. The largest absolute Gasteiger partial charge is 0.479 e. The molecule has 1 aromatic carbocycles. The molecule has 0 bridgehead atoms. The average molecular weight is 277 g/mol. The van der Waals surface area contributed by atoms with Crippen molar-refractivity contribution in [1.82, 2.24) is 5.32 Å². The third-order valence-electron chi connectivity index (χ3n) is 2.97. The average Bonchev–Trinajstić information content (AvgIpc) is 3.23. The van der Waals surface area contributed by atoms with Crippen molar-refractivity contribution in [2.45, 2.75) is 44.9 Å². The summed E-state index contributed by atoms with van der Waals surface area (Å²) in [7, 11) is 0. The number of rotatable bonds is 6. The van der Waals surface area contributed by atoms with Crippen LogP contribution in [0.3, 0.4) is 0 Å². The first-order valence-corrected chi connectivity index (χ1v) is 6.79. The molecule has 0 spiro atoms. The van der Waals surface area contributed by atoms with Crippen LogP contribution in [0.5, 0.6) is 5.75 Å². The van der Waals surface area contributed by atoms with Gasteiger partial charge in [-0.1, -0.05) is 18.2 Å². The lowest BCUT2D eigenvalue weighted by molar-refractivity contribution is -0.160. The number of carbonyl (C=O) groups is 2. The van der Waals surface area contributed by atoms with Crippen molar-refractivity contribution >= 4 is 11.9 Å². The number of carbonyl (C=O) groups excluding carboxylic acids is 2. The number of hydrogen-bond donors (Lipinski definition) is 1. The smallest absolute Gasteiger partial charge is 0.347 e. The molecule has 1 fully saturated rings. The standard InChI is InChI=1S/C15H19NO4/c1-10(14(17)16-12-8-9-12)20-15(18)11(2)19-13-6-4-3-5-7-13/h3-7,10-12H,8-9H2,1-2H3,(H,16,17)/t10-,11-/m0/s1. The van der Waals surface area contributed by atoms with Crippen LogP contribution >= 0.6 is 0 Å². The molecular formula is C15H19NO4. The number of ether oxygens (including phenoxy) is 2. The maximum absolute atomic E-state index is 11.8. The molecule has 0 radical (unpaired) electrons. The lowest BCUT2D eigenvalue weighted by Crippen LogP contribution is -2.39. The van der Waals surface area contributed by atoms with Gasteiger partial charge in [-0.3, -0.25) is 4.79 Å². The van der Waals surface area contributed by atoms with Crippen molar-refractivity contribution in [2.75, 3.05) is 0 Å². The molecule has 0 unspecified atom stereocenters. The van der Waals surface area contributed by atoms with E-state index in [-0.39, 0.29) is 11.9 Å². The monoisotopic (exact) mass is 277 g/mol. The Morgan fingerprint density at radius 2 is 1.80 bits per heavy atom. The molecular weight excluding hydrogens is 258 g/mol. The van der Waals surface area contributed by atoms with Gasteiger partial charge >= 0.3 is 5.97 Å². The van der Waals surface area contributed by atoms with Crippen LogP contribution in [0.4, 0.5) is 0 Å². The highest BCUT2D eigenvalue weighted by Gasteiger charge is 2.28. The molecule has 5 nitrogen and oxygen atoms in total. The molecule has 1 aliphatic carbocycles. The SMILES string of the molecule is C[C@H](OC(=O)[C@H](C)Oc1ccccc1)C(=O)NC1CC1. The van der Waals surface area contributed by atoms with Gasteiger partial charge in [-0.05, 0) is 38.8 Å². The minimum absolute atomic E-state index is 0.252. The van der Waals surface area contributed by atoms with Gasteiger partial charge in [-0.25, -0.2) is 4.79 Å². The zero-order chi connectivity index (χ0) is 14.5. The van der Waals surface area contributed by atoms with Gasteiger partial charge in [0.05, 0.1) is 0 Å². The van der Waals surface area contributed by atoms with Gasteiger partial charge in [-0.15, -0.1) is 0 Å². The molecule has 0 saturated heterocycles. The summed E-state index contributed by atoms with van der Waals surface area (Å²) >= 11 is 0. The molecule has 108 valence electrons. The van der Waals surface area contributed by atoms with Gasteiger partial charge < -0.3 is 14.8 Å². The first-order valence-electron chi connectivity index (χ1n) is 6.79. The van der Waals surface area contributed by atoms with E-state index in [9.17, 15) is 9.59 Å². The highest BCUT2D eigenvalue weighted by atomic mass is 16.6. The summed E-state index contributed by atoms with van der Waals surface area (Å²) in [5, 5.41) is 2.79. The van der Waals surface area contributed by atoms with Crippen molar-refractivity contribution < 1.29 is 19.1 Å². The molecule has 1 N–H and O–H groups in total. The first kappa shape index (κ1) is 14.4.